The van der Waals surface area contributed by atoms with E-state index in [0.29, 0.717) is 0 Å². The van der Waals surface area contributed by atoms with Crippen LogP contribution < -0.4 is 0 Å². The Bertz CT molecular complexity index is 125. The molecule has 7 heteroatoms. The van der Waals surface area contributed by atoms with Gasteiger partial charge in [-0.2, -0.15) is 0 Å². The van der Waals surface area contributed by atoms with Gasteiger partial charge < -0.3 is 0 Å². The van der Waals surface area contributed by atoms with Gasteiger partial charge in [-0.1, -0.05) is 25.7 Å². The Labute approximate surface area is 106 Å². The molecule has 0 unspecified atom stereocenters. The topological polar surface area (TPSA) is 0 Å². The summed E-state index contributed by atoms with van der Waals surface area (Å²) in [4.78, 5) is 0. The fourth-order valence-corrected chi connectivity index (χ4v) is 4.11. The molecule has 0 spiro atoms. The summed E-state index contributed by atoms with van der Waals surface area (Å²) in [7, 11) is -1.07. The predicted molar refractivity (Wildman–Crippen MR) is 68.9 cm³/mol. The zero-order valence-electron chi connectivity index (χ0n) is 7.13. The molecule has 0 fully saturated rings. The minimum Gasteiger partial charge on any atom is -0.147 e. The van der Waals surface area contributed by atoms with Crippen LogP contribution in [0, 0.1) is 0 Å². The molecular weight excluding hydrogens is 306 g/mol. The molecule has 0 saturated heterocycles. The lowest BCUT2D eigenvalue weighted by Crippen LogP contribution is -2.07. The SMILES string of the molecule is Cl[Si](Cl)CCCCCC[Si](Cl)(Cl)Cl. The van der Waals surface area contributed by atoms with Gasteiger partial charge in [0.05, 0.1) is 0 Å². The third-order valence-corrected chi connectivity index (χ3v) is 6.06. The lowest BCUT2D eigenvalue weighted by Gasteiger charge is -2.06. The zero-order valence-corrected chi connectivity index (χ0v) is 12.9. The molecule has 0 aliphatic rings. The standard InChI is InChI=1S/C6H12Cl5Si2/c7-12(8)5-3-1-2-4-6-13(9,10)11/h1-6H2. The predicted octanol–water partition coefficient (Wildman–Crippen LogP) is 5.17. The van der Waals surface area contributed by atoms with Gasteiger partial charge in [0.1, 0.15) is 0 Å². The molecular formula is C6H12Cl5Si2. The van der Waals surface area contributed by atoms with Crippen molar-refractivity contribution in [2.24, 2.45) is 0 Å². The van der Waals surface area contributed by atoms with E-state index in [0.717, 1.165) is 37.8 Å². The average molecular weight is 318 g/mol. The smallest absolute Gasteiger partial charge is 0.147 e. The van der Waals surface area contributed by atoms with E-state index >= 15 is 0 Å². The van der Waals surface area contributed by atoms with Crippen molar-refractivity contribution >= 4 is 68.8 Å². The van der Waals surface area contributed by atoms with E-state index in [4.69, 9.17) is 55.4 Å². The Hall–Kier alpha value is 1.88. The summed E-state index contributed by atoms with van der Waals surface area (Å²) in [5.41, 5.74) is 0. The van der Waals surface area contributed by atoms with Gasteiger partial charge in [-0.3, -0.25) is 0 Å². The first kappa shape index (κ1) is 14.9. The van der Waals surface area contributed by atoms with E-state index in [1.54, 1.807) is 0 Å². The molecule has 0 aliphatic carbocycles. The Morgan fingerprint density at radius 3 is 1.85 bits per heavy atom. The molecule has 0 atom stereocenters. The van der Waals surface area contributed by atoms with Crippen molar-refractivity contribution in [3.8, 4) is 0 Å². The molecule has 0 heterocycles. The van der Waals surface area contributed by atoms with Crippen LogP contribution in [0.2, 0.25) is 12.1 Å². The molecule has 0 aliphatic heterocycles. The largest absolute Gasteiger partial charge is 0.341 e. The van der Waals surface area contributed by atoms with E-state index in [1.165, 1.54) is 0 Å². The van der Waals surface area contributed by atoms with Crippen LogP contribution >= 0.6 is 55.4 Å². The Balaban J connectivity index is 3.09. The molecule has 0 aromatic rings. The minimum atomic E-state index is -2.37. The monoisotopic (exact) mass is 315 g/mol. The maximum Gasteiger partial charge on any atom is 0.341 e. The maximum absolute atomic E-state index is 5.73. The number of hydrogen-bond acceptors (Lipinski definition) is 0. The van der Waals surface area contributed by atoms with E-state index < -0.39 is 13.4 Å². The average Bonchev–Trinajstić information content (AvgIpc) is 1.93. The van der Waals surface area contributed by atoms with Crippen LogP contribution in [0.5, 0.6) is 0 Å². The fraction of sp³-hybridized carbons (Fsp3) is 1.00. The molecule has 0 aromatic heterocycles. The van der Waals surface area contributed by atoms with Crippen LogP contribution in [0.3, 0.4) is 0 Å². The first-order valence-electron chi connectivity index (χ1n) is 4.15. The number of rotatable bonds is 7. The van der Waals surface area contributed by atoms with Crippen molar-refractivity contribution in [3.63, 3.8) is 0 Å². The molecule has 0 N–H and O–H groups in total. The number of unbranched alkanes of at least 4 members (excludes halogenated alkanes) is 3. The van der Waals surface area contributed by atoms with Crippen molar-refractivity contribution < 1.29 is 0 Å². The first-order chi connectivity index (χ1) is 5.92. The van der Waals surface area contributed by atoms with E-state index in [2.05, 4.69) is 0 Å². The highest BCUT2D eigenvalue weighted by molar-refractivity contribution is 7.64. The zero-order chi connectivity index (χ0) is 10.3. The third-order valence-electron chi connectivity index (χ3n) is 1.58. The highest BCUT2D eigenvalue weighted by Gasteiger charge is 2.23. The lowest BCUT2D eigenvalue weighted by atomic mass is 10.2. The van der Waals surface area contributed by atoms with Gasteiger partial charge in [0.2, 0.25) is 0 Å². The van der Waals surface area contributed by atoms with Crippen LogP contribution in [-0.4, -0.2) is 13.4 Å². The summed E-state index contributed by atoms with van der Waals surface area (Å²) in [6.07, 6.45) is 4.37. The van der Waals surface area contributed by atoms with Gasteiger partial charge in [0, 0.05) is 0 Å². The summed E-state index contributed by atoms with van der Waals surface area (Å²) in [6, 6.07) is -0.650. The van der Waals surface area contributed by atoms with Crippen LogP contribution in [0.15, 0.2) is 0 Å². The first-order valence-corrected chi connectivity index (χ1v) is 13.1. The van der Waals surface area contributed by atoms with Crippen molar-refractivity contribution in [2.45, 2.75) is 37.8 Å². The second-order valence-electron chi connectivity index (χ2n) is 2.87. The number of hydrogen-bond donors (Lipinski definition) is 0. The Kier molecular flexibility index (Phi) is 9.26. The van der Waals surface area contributed by atoms with Crippen LogP contribution in [-0.2, 0) is 0 Å². The van der Waals surface area contributed by atoms with E-state index in [1.807, 2.05) is 0 Å². The van der Waals surface area contributed by atoms with Crippen LogP contribution in [0.25, 0.3) is 0 Å². The van der Waals surface area contributed by atoms with E-state index in [-0.39, 0.29) is 0 Å². The van der Waals surface area contributed by atoms with E-state index in [9.17, 15) is 0 Å². The van der Waals surface area contributed by atoms with Crippen molar-refractivity contribution in [2.75, 3.05) is 0 Å². The Morgan fingerprint density at radius 1 is 0.846 bits per heavy atom. The fourth-order valence-electron chi connectivity index (χ4n) is 0.938. The molecule has 0 nitrogen and oxygen atoms in total. The normalized spacial score (nSPS) is 12.5. The second kappa shape index (κ2) is 8.08. The van der Waals surface area contributed by atoms with Gasteiger partial charge >= 0.3 is 6.00 Å². The molecule has 0 saturated carbocycles. The van der Waals surface area contributed by atoms with Crippen molar-refractivity contribution in [3.05, 3.63) is 0 Å². The van der Waals surface area contributed by atoms with Crippen LogP contribution in [0.4, 0.5) is 0 Å². The van der Waals surface area contributed by atoms with Gasteiger partial charge in [-0.05, 0) is 12.1 Å². The summed E-state index contributed by atoms with van der Waals surface area (Å²) >= 11 is 28.5. The molecule has 1 radical (unpaired) electrons. The summed E-state index contributed by atoms with van der Waals surface area (Å²) in [5, 5.41) is 0. The van der Waals surface area contributed by atoms with Gasteiger partial charge in [-0.15, -0.1) is 55.4 Å². The summed E-state index contributed by atoms with van der Waals surface area (Å²) < 4.78 is 0. The highest BCUT2D eigenvalue weighted by Crippen LogP contribution is 2.27. The summed E-state index contributed by atoms with van der Waals surface area (Å²) in [5.74, 6) is 0. The third kappa shape index (κ3) is 13.9. The van der Waals surface area contributed by atoms with Crippen molar-refractivity contribution in [1.29, 1.82) is 0 Å². The molecule has 0 bridgehead atoms. The highest BCUT2D eigenvalue weighted by atomic mass is 35.8. The molecule has 0 aromatic carbocycles. The Morgan fingerprint density at radius 2 is 1.38 bits per heavy atom. The van der Waals surface area contributed by atoms with Crippen molar-refractivity contribution in [1.82, 2.24) is 0 Å². The van der Waals surface area contributed by atoms with Gasteiger partial charge in [0.15, 0.2) is 0 Å². The van der Waals surface area contributed by atoms with Gasteiger partial charge in [0.25, 0.3) is 7.42 Å². The number of halogens is 5. The lowest BCUT2D eigenvalue weighted by molar-refractivity contribution is 0.699. The second-order valence-corrected chi connectivity index (χ2v) is 16.6. The molecule has 13 heavy (non-hydrogen) atoms. The van der Waals surface area contributed by atoms with Crippen LogP contribution in [0.1, 0.15) is 25.7 Å². The summed E-state index contributed by atoms with van der Waals surface area (Å²) in [6.45, 7) is 0. The van der Waals surface area contributed by atoms with Gasteiger partial charge in [-0.25, -0.2) is 0 Å². The molecule has 0 rings (SSSR count). The quantitative estimate of drug-likeness (QED) is 0.345. The maximum atomic E-state index is 5.73. The molecule has 0 amide bonds. The minimum absolute atomic E-state index is 0.761. The molecule has 79 valence electrons.